The van der Waals surface area contributed by atoms with Gasteiger partial charge in [0.1, 0.15) is 5.82 Å². The van der Waals surface area contributed by atoms with Crippen molar-refractivity contribution in [2.45, 2.75) is 6.42 Å². The number of benzene rings is 1. The van der Waals surface area contributed by atoms with Crippen molar-refractivity contribution >= 4 is 33.6 Å². The van der Waals surface area contributed by atoms with Crippen molar-refractivity contribution in [3.8, 4) is 0 Å². The fraction of sp³-hybridized carbons (Fsp3) is 0.417. The number of rotatable bonds is 7. The van der Waals surface area contributed by atoms with Crippen LogP contribution in [0.15, 0.2) is 22.7 Å². The molecule has 2 N–H and O–H groups in total. The molecule has 0 aliphatic rings. The first-order valence-corrected chi connectivity index (χ1v) is 7.52. The molecule has 0 fully saturated rings. The third-order valence-corrected chi connectivity index (χ3v) is 3.90. The number of aliphatic hydroxyl groups excluding tert-OH is 1. The highest BCUT2D eigenvalue weighted by atomic mass is 79.9. The topological polar surface area (TPSA) is 49.3 Å². The molecule has 0 aliphatic carbocycles. The summed E-state index contributed by atoms with van der Waals surface area (Å²) in [5, 5.41) is 11.3. The van der Waals surface area contributed by atoms with Gasteiger partial charge >= 0.3 is 0 Å². The zero-order chi connectivity index (χ0) is 13.4. The average molecular weight is 336 g/mol. The highest BCUT2D eigenvalue weighted by Crippen LogP contribution is 2.19. The number of thioether (sulfide) groups is 1. The Labute approximate surface area is 118 Å². The van der Waals surface area contributed by atoms with Gasteiger partial charge in [-0.15, -0.1) is 0 Å². The maximum atomic E-state index is 13.5. The fourth-order valence-corrected chi connectivity index (χ4v) is 2.61. The van der Waals surface area contributed by atoms with E-state index in [9.17, 15) is 9.18 Å². The number of carbonyl (C=O) groups is 1. The molecule has 0 atom stereocenters. The number of amides is 1. The lowest BCUT2D eigenvalue weighted by Gasteiger charge is -2.07. The Morgan fingerprint density at radius 3 is 2.89 bits per heavy atom. The van der Waals surface area contributed by atoms with Crippen molar-refractivity contribution in [3.63, 3.8) is 0 Å². The number of nitrogens with one attached hydrogen (secondary N) is 1. The third kappa shape index (κ3) is 4.96. The largest absolute Gasteiger partial charge is 0.396 e. The molecule has 0 bridgehead atoms. The summed E-state index contributed by atoms with van der Waals surface area (Å²) in [6.07, 6.45) is 0.747. The molecule has 0 saturated heterocycles. The Kier molecular flexibility index (Phi) is 7.31. The van der Waals surface area contributed by atoms with Gasteiger partial charge in [0.2, 0.25) is 0 Å². The van der Waals surface area contributed by atoms with Crippen LogP contribution in [0.1, 0.15) is 16.8 Å². The van der Waals surface area contributed by atoms with Gasteiger partial charge in [-0.2, -0.15) is 11.8 Å². The van der Waals surface area contributed by atoms with E-state index >= 15 is 0 Å². The summed E-state index contributed by atoms with van der Waals surface area (Å²) in [7, 11) is 0. The van der Waals surface area contributed by atoms with Crippen molar-refractivity contribution in [2.24, 2.45) is 0 Å². The summed E-state index contributed by atoms with van der Waals surface area (Å²) < 4.78 is 13.9. The van der Waals surface area contributed by atoms with Gasteiger partial charge in [0.05, 0.1) is 5.56 Å². The molecule has 100 valence electrons. The molecule has 0 spiro atoms. The summed E-state index contributed by atoms with van der Waals surface area (Å²) in [5.74, 6) is 0.658. The Hall–Kier alpha value is -0.590. The van der Waals surface area contributed by atoms with E-state index in [1.165, 1.54) is 6.07 Å². The summed E-state index contributed by atoms with van der Waals surface area (Å²) in [5.41, 5.74) is 0.0397. The van der Waals surface area contributed by atoms with Crippen LogP contribution in [-0.2, 0) is 0 Å². The Bertz CT molecular complexity index is 383. The van der Waals surface area contributed by atoms with E-state index < -0.39 is 11.7 Å². The minimum absolute atomic E-state index is 0.0397. The minimum atomic E-state index is -0.533. The molecule has 1 aromatic rings. The third-order valence-electron chi connectivity index (χ3n) is 2.17. The number of halogens is 2. The molecule has 0 unspecified atom stereocenters. The standard InChI is InChI=1S/C12H15BrFNO2S/c13-9-3-1-4-10(14)11(9)12(17)15-5-8-18-7-2-6-16/h1,3-4,16H,2,5-8H2,(H,15,17). The zero-order valence-electron chi connectivity index (χ0n) is 9.79. The molecule has 0 saturated carbocycles. The van der Waals surface area contributed by atoms with Crippen LogP contribution in [0.2, 0.25) is 0 Å². The minimum Gasteiger partial charge on any atom is -0.396 e. The quantitative estimate of drug-likeness (QED) is 0.752. The van der Waals surface area contributed by atoms with Crippen LogP contribution in [0, 0.1) is 5.82 Å². The van der Waals surface area contributed by atoms with Crippen LogP contribution in [0.25, 0.3) is 0 Å². The van der Waals surface area contributed by atoms with E-state index in [2.05, 4.69) is 21.2 Å². The highest BCUT2D eigenvalue weighted by Gasteiger charge is 2.14. The first-order valence-electron chi connectivity index (χ1n) is 5.57. The van der Waals surface area contributed by atoms with E-state index in [0.29, 0.717) is 11.0 Å². The Morgan fingerprint density at radius 1 is 1.44 bits per heavy atom. The van der Waals surface area contributed by atoms with Crippen LogP contribution in [0.4, 0.5) is 4.39 Å². The van der Waals surface area contributed by atoms with E-state index in [-0.39, 0.29) is 12.2 Å². The van der Waals surface area contributed by atoms with Gasteiger partial charge in [-0.3, -0.25) is 4.79 Å². The molecular weight excluding hydrogens is 321 g/mol. The van der Waals surface area contributed by atoms with E-state index in [4.69, 9.17) is 5.11 Å². The highest BCUT2D eigenvalue weighted by molar-refractivity contribution is 9.10. The zero-order valence-corrected chi connectivity index (χ0v) is 12.2. The SMILES string of the molecule is O=C(NCCSCCCO)c1c(F)cccc1Br. The maximum absolute atomic E-state index is 13.5. The average Bonchev–Trinajstić information content (AvgIpc) is 2.33. The van der Waals surface area contributed by atoms with Gasteiger partial charge in [0.25, 0.3) is 5.91 Å². The molecular formula is C12H15BrFNO2S. The number of carbonyl (C=O) groups excluding carboxylic acids is 1. The number of aliphatic hydroxyl groups is 1. The van der Waals surface area contributed by atoms with Crippen LogP contribution < -0.4 is 5.32 Å². The summed E-state index contributed by atoms with van der Waals surface area (Å²) in [6, 6.07) is 4.44. The van der Waals surface area contributed by atoms with Crippen molar-refractivity contribution in [2.75, 3.05) is 24.7 Å². The fourth-order valence-electron chi connectivity index (χ4n) is 1.31. The molecule has 0 aromatic heterocycles. The van der Waals surface area contributed by atoms with Crippen LogP contribution >= 0.6 is 27.7 Å². The van der Waals surface area contributed by atoms with E-state index in [1.54, 1.807) is 23.9 Å². The van der Waals surface area contributed by atoms with Gasteiger partial charge in [0.15, 0.2) is 0 Å². The van der Waals surface area contributed by atoms with Gasteiger partial charge in [0, 0.05) is 23.4 Å². The molecule has 1 rings (SSSR count). The monoisotopic (exact) mass is 335 g/mol. The summed E-state index contributed by atoms with van der Waals surface area (Å²) >= 11 is 4.80. The van der Waals surface area contributed by atoms with Gasteiger partial charge in [-0.1, -0.05) is 6.07 Å². The van der Waals surface area contributed by atoms with Gasteiger partial charge in [-0.05, 0) is 40.2 Å². The van der Waals surface area contributed by atoms with Gasteiger partial charge in [-0.25, -0.2) is 4.39 Å². The van der Waals surface area contributed by atoms with E-state index in [0.717, 1.165) is 17.9 Å². The van der Waals surface area contributed by atoms with Gasteiger partial charge < -0.3 is 10.4 Å². The van der Waals surface area contributed by atoms with Crippen molar-refractivity contribution < 1.29 is 14.3 Å². The van der Waals surface area contributed by atoms with Crippen molar-refractivity contribution in [3.05, 3.63) is 34.1 Å². The van der Waals surface area contributed by atoms with Crippen LogP contribution in [-0.4, -0.2) is 35.7 Å². The molecule has 18 heavy (non-hydrogen) atoms. The number of hydrogen-bond donors (Lipinski definition) is 2. The predicted molar refractivity (Wildman–Crippen MR) is 75.5 cm³/mol. The second kappa shape index (κ2) is 8.50. The van der Waals surface area contributed by atoms with Crippen LogP contribution in [0.3, 0.4) is 0 Å². The Morgan fingerprint density at radius 2 is 2.22 bits per heavy atom. The summed E-state index contributed by atoms with van der Waals surface area (Å²) in [4.78, 5) is 11.7. The summed E-state index contributed by atoms with van der Waals surface area (Å²) in [6.45, 7) is 0.664. The maximum Gasteiger partial charge on any atom is 0.255 e. The lowest BCUT2D eigenvalue weighted by Crippen LogP contribution is -2.27. The molecule has 0 radical (unpaired) electrons. The van der Waals surface area contributed by atoms with Crippen molar-refractivity contribution in [1.29, 1.82) is 0 Å². The lowest BCUT2D eigenvalue weighted by molar-refractivity contribution is 0.0951. The Balaban J connectivity index is 2.37. The second-order valence-corrected chi connectivity index (χ2v) is 5.62. The van der Waals surface area contributed by atoms with Crippen molar-refractivity contribution in [1.82, 2.24) is 5.32 Å². The molecule has 3 nitrogen and oxygen atoms in total. The molecule has 1 amide bonds. The normalized spacial score (nSPS) is 10.4. The predicted octanol–water partition coefficient (Wildman–Crippen LogP) is 2.43. The second-order valence-electron chi connectivity index (χ2n) is 3.54. The number of hydrogen-bond acceptors (Lipinski definition) is 3. The molecule has 0 heterocycles. The first-order chi connectivity index (χ1) is 8.66. The molecule has 6 heteroatoms. The molecule has 0 aliphatic heterocycles. The lowest BCUT2D eigenvalue weighted by atomic mass is 10.2. The smallest absolute Gasteiger partial charge is 0.255 e. The van der Waals surface area contributed by atoms with E-state index in [1.807, 2.05) is 0 Å². The van der Waals surface area contributed by atoms with Crippen LogP contribution in [0.5, 0.6) is 0 Å². The first kappa shape index (κ1) is 15.5. The molecule has 1 aromatic carbocycles.